The highest BCUT2D eigenvalue weighted by atomic mass is 32.2. The highest BCUT2D eigenvalue weighted by Crippen LogP contribution is 2.21. The van der Waals surface area contributed by atoms with Crippen molar-refractivity contribution in [1.29, 1.82) is 0 Å². The zero-order valence-corrected chi connectivity index (χ0v) is 14.8. The smallest absolute Gasteiger partial charge is 0.241 e. The van der Waals surface area contributed by atoms with Gasteiger partial charge in [-0.2, -0.15) is 5.10 Å². The molecule has 2 amide bonds. The number of aryl methyl sites for hydroxylation is 2. The number of aromatic nitrogens is 4. The molecule has 2 aromatic rings. The number of nitrogens with zero attached hydrogens (tertiary/aromatic N) is 4. The molecule has 2 rings (SSSR count). The maximum Gasteiger partial charge on any atom is 0.241 e. The van der Waals surface area contributed by atoms with Crippen LogP contribution >= 0.6 is 11.8 Å². The molecule has 0 saturated carbocycles. The largest absolute Gasteiger partial charge is 0.358 e. The lowest BCUT2D eigenvalue weighted by atomic mass is 10.4. The van der Waals surface area contributed by atoms with E-state index < -0.39 is 0 Å². The number of amides is 2. The molecule has 1 atom stereocenters. The summed E-state index contributed by atoms with van der Waals surface area (Å²) < 4.78 is 1.46. The Morgan fingerprint density at radius 2 is 1.96 bits per heavy atom. The SMILES string of the molecule is CNC(=O)Cn1cc(NC(=O)C(C)Sc2nc(C)cc(C)n2)cn1. The van der Waals surface area contributed by atoms with Gasteiger partial charge in [0.15, 0.2) is 5.16 Å². The third kappa shape index (κ3) is 5.05. The van der Waals surface area contributed by atoms with Gasteiger partial charge in [-0.3, -0.25) is 14.3 Å². The molecule has 2 N–H and O–H groups in total. The van der Waals surface area contributed by atoms with E-state index in [1.807, 2.05) is 19.9 Å². The minimum Gasteiger partial charge on any atom is -0.358 e. The molecule has 0 aliphatic rings. The van der Waals surface area contributed by atoms with Gasteiger partial charge in [-0.15, -0.1) is 0 Å². The van der Waals surface area contributed by atoms with Crippen LogP contribution in [-0.2, 0) is 16.1 Å². The summed E-state index contributed by atoms with van der Waals surface area (Å²) >= 11 is 1.29. The van der Waals surface area contributed by atoms with Gasteiger partial charge in [0.05, 0.1) is 17.1 Å². The fraction of sp³-hybridized carbons (Fsp3) is 0.400. The molecule has 0 aliphatic heterocycles. The molecule has 0 fully saturated rings. The van der Waals surface area contributed by atoms with Crippen LogP contribution in [0, 0.1) is 13.8 Å². The lowest BCUT2D eigenvalue weighted by Gasteiger charge is -2.10. The second kappa shape index (κ2) is 7.91. The molecule has 9 heteroatoms. The van der Waals surface area contributed by atoms with E-state index in [1.54, 1.807) is 20.2 Å². The molecule has 0 radical (unpaired) electrons. The molecule has 128 valence electrons. The van der Waals surface area contributed by atoms with Gasteiger partial charge in [0.25, 0.3) is 0 Å². The van der Waals surface area contributed by atoms with Crippen LogP contribution in [0.25, 0.3) is 0 Å². The first-order chi connectivity index (χ1) is 11.4. The summed E-state index contributed by atoms with van der Waals surface area (Å²) in [6, 6.07) is 1.88. The summed E-state index contributed by atoms with van der Waals surface area (Å²) in [5.74, 6) is -0.339. The molecule has 0 spiro atoms. The van der Waals surface area contributed by atoms with E-state index in [9.17, 15) is 9.59 Å². The maximum atomic E-state index is 12.3. The van der Waals surface area contributed by atoms with Crippen molar-refractivity contribution in [3.05, 3.63) is 29.8 Å². The number of likely N-dealkylation sites (N-methyl/N-ethyl adjacent to an activating group) is 1. The van der Waals surface area contributed by atoms with Gasteiger partial charge in [0.2, 0.25) is 11.8 Å². The average Bonchev–Trinajstić information content (AvgIpc) is 2.92. The Hall–Kier alpha value is -2.42. The van der Waals surface area contributed by atoms with Crippen molar-refractivity contribution in [2.24, 2.45) is 0 Å². The highest BCUT2D eigenvalue weighted by molar-refractivity contribution is 8.00. The van der Waals surface area contributed by atoms with Crippen LogP contribution in [0.2, 0.25) is 0 Å². The van der Waals surface area contributed by atoms with E-state index in [0.717, 1.165) is 11.4 Å². The molecule has 1 unspecified atom stereocenters. The van der Waals surface area contributed by atoms with Crippen LogP contribution in [0.15, 0.2) is 23.6 Å². The third-order valence-electron chi connectivity index (χ3n) is 3.10. The molecular weight excluding hydrogens is 328 g/mol. The topological polar surface area (TPSA) is 102 Å². The zero-order chi connectivity index (χ0) is 17.7. The summed E-state index contributed by atoms with van der Waals surface area (Å²) in [6.07, 6.45) is 3.11. The van der Waals surface area contributed by atoms with E-state index in [1.165, 1.54) is 22.6 Å². The number of hydrogen-bond acceptors (Lipinski definition) is 6. The van der Waals surface area contributed by atoms with E-state index in [2.05, 4.69) is 25.7 Å². The van der Waals surface area contributed by atoms with Crippen molar-refractivity contribution < 1.29 is 9.59 Å². The number of rotatable bonds is 6. The van der Waals surface area contributed by atoms with Crippen molar-refractivity contribution in [1.82, 2.24) is 25.1 Å². The first-order valence-corrected chi connectivity index (χ1v) is 8.28. The molecule has 0 bridgehead atoms. The van der Waals surface area contributed by atoms with Crippen LogP contribution < -0.4 is 10.6 Å². The highest BCUT2D eigenvalue weighted by Gasteiger charge is 2.17. The zero-order valence-electron chi connectivity index (χ0n) is 14.0. The molecule has 0 aromatic carbocycles. The minimum absolute atomic E-state index is 0.104. The Labute approximate surface area is 144 Å². The second-order valence-corrected chi connectivity index (χ2v) is 6.59. The number of thioether (sulfide) groups is 1. The summed E-state index contributed by atoms with van der Waals surface area (Å²) in [7, 11) is 1.56. The van der Waals surface area contributed by atoms with Crippen molar-refractivity contribution in [2.45, 2.75) is 37.7 Å². The molecular formula is C15H20N6O2S. The predicted octanol–water partition coefficient (Wildman–Crippen LogP) is 1.16. The van der Waals surface area contributed by atoms with Crippen LogP contribution in [0.4, 0.5) is 5.69 Å². The fourth-order valence-corrected chi connectivity index (χ4v) is 2.82. The van der Waals surface area contributed by atoms with E-state index in [0.29, 0.717) is 10.8 Å². The van der Waals surface area contributed by atoms with Gasteiger partial charge in [0, 0.05) is 24.6 Å². The Morgan fingerprint density at radius 1 is 1.29 bits per heavy atom. The number of carbonyl (C=O) groups is 2. The summed E-state index contributed by atoms with van der Waals surface area (Å²) in [5, 5.41) is 9.53. The Balaban J connectivity index is 1.95. The van der Waals surface area contributed by atoms with E-state index >= 15 is 0 Å². The summed E-state index contributed by atoms with van der Waals surface area (Å²) in [4.78, 5) is 32.2. The molecule has 2 heterocycles. The first kappa shape index (κ1) is 17.9. The number of hydrogen-bond donors (Lipinski definition) is 2. The number of nitrogens with one attached hydrogen (secondary N) is 2. The average molecular weight is 348 g/mol. The van der Waals surface area contributed by atoms with Crippen LogP contribution in [0.5, 0.6) is 0 Å². The summed E-state index contributed by atoms with van der Waals surface area (Å²) in [6.45, 7) is 5.68. The van der Waals surface area contributed by atoms with Crippen molar-refractivity contribution in [3.63, 3.8) is 0 Å². The van der Waals surface area contributed by atoms with Crippen molar-refractivity contribution >= 4 is 29.3 Å². The molecule has 0 saturated heterocycles. The Bertz CT molecular complexity index is 725. The lowest BCUT2D eigenvalue weighted by Crippen LogP contribution is -2.24. The Morgan fingerprint density at radius 3 is 2.58 bits per heavy atom. The van der Waals surface area contributed by atoms with Crippen molar-refractivity contribution in [3.8, 4) is 0 Å². The minimum atomic E-state index is -0.367. The lowest BCUT2D eigenvalue weighted by molar-refractivity contribution is -0.121. The van der Waals surface area contributed by atoms with Crippen molar-refractivity contribution in [2.75, 3.05) is 12.4 Å². The predicted molar refractivity (Wildman–Crippen MR) is 91.7 cm³/mol. The fourth-order valence-electron chi connectivity index (χ4n) is 1.94. The number of carbonyl (C=O) groups excluding carboxylic acids is 2. The standard InChI is InChI=1S/C15H20N6O2S/c1-9-5-10(2)19-15(18-9)24-11(3)14(23)20-12-6-17-21(7-12)8-13(22)16-4/h5-7,11H,8H2,1-4H3,(H,16,22)(H,20,23). The molecule has 0 aliphatic carbocycles. The van der Waals surface area contributed by atoms with Gasteiger partial charge < -0.3 is 10.6 Å². The molecule has 8 nitrogen and oxygen atoms in total. The van der Waals surface area contributed by atoms with E-state index in [4.69, 9.17) is 0 Å². The number of anilines is 1. The van der Waals surface area contributed by atoms with Gasteiger partial charge in [-0.25, -0.2) is 9.97 Å². The molecule has 24 heavy (non-hydrogen) atoms. The van der Waals surface area contributed by atoms with Crippen LogP contribution in [-0.4, -0.2) is 43.9 Å². The maximum absolute atomic E-state index is 12.3. The van der Waals surface area contributed by atoms with Gasteiger partial charge in [-0.1, -0.05) is 11.8 Å². The first-order valence-electron chi connectivity index (χ1n) is 7.40. The van der Waals surface area contributed by atoms with E-state index in [-0.39, 0.29) is 23.6 Å². The second-order valence-electron chi connectivity index (χ2n) is 5.28. The monoisotopic (exact) mass is 348 g/mol. The van der Waals surface area contributed by atoms with Gasteiger partial charge in [0.1, 0.15) is 6.54 Å². The van der Waals surface area contributed by atoms with Crippen LogP contribution in [0.1, 0.15) is 18.3 Å². The third-order valence-corrected chi connectivity index (χ3v) is 4.06. The Kier molecular flexibility index (Phi) is 5.91. The van der Waals surface area contributed by atoms with Gasteiger partial charge >= 0.3 is 0 Å². The quantitative estimate of drug-likeness (QED) is 0.600. The summed E-state index contributed by atoms with van der Waals surface area (Å²) in [5.41, 5.74) is 2.28. The normalized spacial score (nSPS) is 11.8. The van der Waals surface area contributed by atoms with Gasteiger partial charge in [-0.05, 0) is 26.8 Å². The van der Waals surface area contributed by atoms with Crippen LogP contribution in [0.3, 0.4) is 0 Å². The molecule has 2 aromatic heterocycles.